The Hall–Kier alpha value is -0.710. The van der Waals surface area contributed by atoms with Crippen molar-refractivity contribution in [3.63, 3.8) is 0 Å². The summed E-state index contributed by atoms with van der Waals surface area (Å²) in [5.74, 6) is 0.460. The second-order valence-electron chi connectivity index (χ2n) is 4.82. The number of nitrogens with zero attached hydrogens (tertiary/aromatic N) is 1. The fourth-order valence-electron chi connectivity index (χ4n) is 2.32. The number of hydrogen-bond acceptors (Lipinski definition) is 1. The molecule has 0 aromatic heterocycles. The molecule has 1 aromatic rings. The van der Waals surface area contributed by atoms with Crippen molar-refractivity contribution in [1.29, 1.82) is 0 Å². The summed E-state index contributed by atoms with van der Waals surface area (Å²) in [6.07, 6.45) is -3.34. The van der Waals surface area contributed by atoms with Crippen LogP contribution in [0.3, 0.4) is 0 Å². The van der Waals surface area contributed by atoms with Gasteiger partial charge in [-0.1, -0.05) is 28.9 Å². The van der Waals surface area contributed by atoms with Crippen LogP contribution >= 0.6 is 15.9 Å². The van der Waals surface area contributed by atoms with E-state index in [0.29, 0.717) is 35.6 Å². The fraction of sp³-hybridized carbons (Fsp3) is 0.538. The van der Waals surface area contributed by atoms with E-state index in [1.54, 1.807) is 12.1 Å². The van der Waals surface area contributed by atoms with Crippen LogP contribution in [0.15, 0.2) is 18.2 Å². The van der Waals surface area contributed by atoms with Gasteiger partial charge in [-0.3, -0.25) is 0 Å². The van der Waals surface area contributed by atoms with Gasteiger partial charge in [-0.15, -0.1) is 0 Å². The molecular weight excluding hydrogens is 307 g/mol. The Morgan fingerprint density at radius 3 is 2.61 bits per heavy atom. The Bertz CT molecular complexity index is 431. The van der Waals surface area contributed by atoms with Crippen LogP contribution in [-0.4, -0.2) is 13.1 Å². The van der Waals surface area contributed by atoms with E-state index in [0.717, 1.165) is 6.42 Å². The quantitative estimate of drug-likeness (QED) is 0.727. The highest BCUT2D eigenvalue weighted by atomic mass is 79.9. The van der Waals surface area contributed by atoms with Crippen LogP contribution in [0.5, 0.6) is 0 Å². The standard InChI is InChI=1S/C13H15BrF3N/c1-9-4-5-18(8-9)12-3-2-10(7-14)6-11(12)13(15,16)17/h2-3,6,9H,4-5,7-8H2,1H3. The third-order valence-corrected chi connectivity index (χ3v) is 3.93. The first-order valence-electron chi connectivity index (χ1n) is 5.93. The number of halogens is 4. The van der Waals surface area contributed by atoms with Crippen molar-refractivity contribution in [2.75, 3.05) is 18.0 Å². The topological polar surface area (TPSA) is 3.24 Å². The summed E-state index contributed by atoms with van der Waals surface area (Å²) >= 11 is 3.20. The maximum absolute atomic E-state index is 13.1. The predicted molar refractivity (Wildman–Crippen MR) is 70.1 cm³/mol. The number of hydrogen-bond donors (Lipinski definition) is 0. The SMILES string of the molecule is CC1CCN(c2ccc(CBr)cc2C(F)(F)F)C1. The smallest absolute Gasteiger partial charge is 0.371 e. The van der Waals surface area contributed by atoms with Gasteiger partial charge in [-0.25, -0.2) is 0 Å². The first-order chi connectivity index (χ1) is 8.41. The minimum atomic E-state index is -4.29. The fourth-order valence-corrected chi connectivity index (χ4v) is 2.67. The van der Waals surface area contributed by atoms with Gasteiger partial charge in [-0.2, -0.15) is 13.2 Å². The van der Waals surface area contributed by atoms with E-state index in [1.807, 2.05) is 4.90 Å². The Kier molecular flexibility index (Phi) is 3.90. The number of rotatable bonds is 2. The zero-order valence-corrected chi connectivity index (χ0v) is 11.7. The summed E-state index contributed by atoms with van der Waals surface area (Å²) in [4.78, 5) is 1.84. The lowest BCUT2D eigenvalue weighted by Gasteiger charge is -2.23. The van der Waals surface area contributed by atoms with Crippen LogP contribution in [0.4, 0.5) is 18.9 Å². The third kappa shape index (κ3) is 2.82. The van der Waals surface area contributed by atoms with Gasteiger partial charge in [0, 0.05) is 24.1 Å². The van der Waals surface area contributed by atoms with Gasteiger partial charge in [-0.05, 0) is 30.0 Å². The second-order valence-corrected chi connectivity index (χ2v) is 5.38. The monoisotopic (exact) mass is 321 g/mol. The minimum Gasteiger partial charge on any atom is -0.371 e. The largest absolute Gasteiger partial charge is 0.418 e. The molecule has 1 heterocycles. The lowest BCUT2D eigenvalue weighted by atomic mass is 10.1. The van der Waals surface area contributed by atoms with Crippen LogP contribution in [0.1, 0.15) is 24.5 Å². The van der Waals surface area contributed by atoms with E-state index < -0.39 is 11.7 Å². The Balaban J connectivity index is 2.40. The van der Waals surface area contributed by atoms with Gasteiger partial charge in [0.25, 0.3) is 0 Å². The third-order valence-electron chi connectivity index (χ3n) is 3.29. The second kappa shape index (κ2) is 5.11. The normalized spacial score (nSPS) is 20.5. The Morgan fingerprint density at radius 1 is 1.39 bits per heavy atom. The summed E-state index contributed by atoms with van der Waals surface area (Å²) in [6.45, 7) is 3.48. The van der Waals surface area contributed by atoms with Crippen molar-refractivity contribution >= 4 is 21.6 Å². The van der Waals surface area contributed by atoms with Crippen molar-refractivity contribution < 1.29 is 13.2 Å². The molecule has 1 fully saturated rings. The van der Waals surface area contributed by atoms with Gasteiger partial charge >= 0.3 is 6.18 Å². The molecule has 18 heavy (non-hydrogen) atoms. The van der Waals surface area contributed by atoms with E-state index >= 15 is 0 Å². The molecule has 1 aliphatic heterocycles. The van der Waals surface area contributed by atoms with E-state index in [4.69, 9.17) is 0 Å². The maximum atomic E-state index is 13.1. The van der Waals surface area contributed by atoms with E-state index in [-0.39, 0.29) is 0 Å². The molecule has 1 unspecified atom stereocenters. The lowest BCUT2D eigenvalue weighted by molar-refractivity contribution is -0.137. The van der Waals surface area contributed by atoms with Crippen molar-refractivity contribution in [3.8, 4) is 0 Å². The molecule has 1 nitrogen and oxygen atoms in total. The molecule has 1 saturated heterocycles. The van der Waals surface area contributed by atoms with Gasteiger partial charge in [0.15, 0.2) is 0 Å². The molecule has 0 spiro atoms. The van der Waals surface area contributed by atoms with Crippen LogP contribution in [0, 0.1) is 5.92 Å². The van der Waals surface area contributed by atoms with E-state index in [9.17, 15) is 13.2 Å². The number of benzene rings is 1. The summed E-state index contributed by atoms with van der Waals surface area (Å²) < 4.78 is 39.2. The molecule has 1 aromatic carbocycles. The van der Waals surface area contributed by atoms with Crippen molar-refractivity contribution in [1.82, 2.24) is 0 Å². The molecule has 0 saturated carbocycles. The number of alkyl halides is 4. The van der Waals surface area contributed by atoms with Crippen molar-refractivity contribution in [3.05, 3.63) is 29.3 Å². The molecule has 2 rings (SSSR count). The zero-order valence-electron chi connectivity index (χ0n) is 10.1. The summed E-state index contributed by atoms with van der Waals surface area (Å²) in [7, 11) is 0. The Labute approximate surface area is 113 Å². The summed E-state index contributed by atoms with van der Waals surface area (Å²) in [6, 6.07) is 4.59. The molecule has 0 bridgehead atoms. The Morgan fingerprint density at radius 2 is 2.11 bits per heavy atom. The molecule has 1 aliphatic rings. The molecule has 0 radical (unpaired) electrons. The minimum absolute atomic E-state index is 0.316. The first-order valence-corrected chi connectivity index (χ1v) is 7.05. The highest BCUT2D eigenvalue weighted by molar-refractivity contribution is 9.08. The molecule has 100 valence electrons. The van der Waals surface area contributed by atoms with Gasteiger partial charge in [0.05, 0.1) is 5.56 Å². The zero-order chi connectivity index (χ0) is 13.3. The molecule has 0 amide bonds. The number of anilines is 1. The average Bonchev–Trinajstić information content (AvgIpc) is 2.74. The highest BCUT2D eigenvalue weighted by Crippen LogP contribution is 2.39. The molecule has 0 N–H and O–H groups in total. The van der Waals surface area contributed by atoms with Gasteiger partial charge in [0.2, 0.25) is 0 Å². The van der Waals surface area contributed by atoms with Gasteiger partial charge in [0.1, 0.15) is 0 Å². The lowest BCUT2D eigenvalue weighted by Crippen LogP contribution is -2.23. The van der Waals surface area contributed by atoms with Crippen LogP contribution < -0.4 is 4.90 Å². The van der Waals surface area contributed by atoms with Crippen molar-refractivity contribution in [2.24, 2.45) is 5.92 Å². The predicted octanol–water partition coefficient (Wildman–Crippen LogP) is 4.45. The molecule has 0 aliphatic carbocycles. The average molecular weight is 322 g/mol. The maximum Gasteiger partial charge on any atom is 0.418 e. The summed E-state index contributed by atoms with van der Waals surface area (Å²) in [5, 5.41) is 0.437. The first kappa shape index (κ1) is 13.7. The van der Waals surface area contributed by atoms with Crippen LogP contribution in [0.25, 0.3) is 0 Å². The van der Waals surface area contributed by atoms with Crippen LogP contribution in [-0.2, 0) is 11.5 Å². The van der Waals surface area contributed by atoms with E-state index in [1.165, 1.54) is 6.07 Å². The van der Waals surface area contributed by atoms with Crippen LogP contribution in [0.2, 0.25) is 0 Å². The molecular formula is C13H15BrF3N. The highest BCUT2D eigenvalue weighted by Gasteiger charge is 2.36. The van der Waals surface area contributed by atoms with Gasteiger partial charge < -0.3 is 4.90 Å². The van der Waals surface area contributed by atoms with Crippen molar-refractivity contribution in [2.45, 2.75) is 24.9 Å². The molecule has 5 heteroatoms. The summed E-state index contributed by atoms with van der Waals surface area (Å²) in [5.41, 5.74) is 0.448. The van der Waals surface area contributed by atoms with E-state index in [2.05, 4.69) is 22.9 Å². The molecule has 1 atom stereocenters.